The molecular formula is C29H24BrNO5S. The molecule has 0 aromatic heterocycles. The van der Waals surface area contributed by atoms with Gasteiger partial charge in [0.15, 0.2) is 0 Å². The molecule has 1 amide bonds. The van der Waals surface area contributed by atoms with Crippen molar-refractivity contribution < 1.29 is 24.2 Å². The van der Waals surface area contributed by atoms with Crippen LogP contribution in [0.15, 0.2) is 98.5 Å². The van der Waals surface area contributed by atoms with Crippen LogP contribution in [0.4, 0.5) is 0 Å². The summed E-state index contributed by atoms with van der Waals surface area (Å²) in [5.41, 5.74) is 2.90. The Hall–Kier alpha value is -3.62. The first-order valence-electron chi connectivity index (χ1n) is 11.5. The van der Waals surface area contributed by atoms with E-state index in [9.17, 15) is 14.7 Å². The van der Waals surface area contributed by atoms with Crippen molar-refractivity contribution in [1.82, 2.24) is 0 Å². The number of esters is 1. The number of halogens is 1. The number of benzene rings is 3. The van der Waals surface area contributed by atoms with Crippen molar-refractivity contribution in [1.29, 1.82) is 0 Å². The molecule has 8 heteroatoms. The number of aliphatic hydroxyl groups is 1. The van der Waals surface area contributed by atoms with E-state index in [4.69, 9.17) is 9.47 Å². The minimum Gasteiger partial charge on any atom is -0.506 e. The first-order chi connectivity index (χ1) is 17.9. The Balaban J connectivity index is 1.55. The van der Waals surface area contributed by atoms with Gasteiger partial charge in [-0.3, -0.25) is 4.79 Å². The van der Waals surface area contributed by atoms with E-state index in [0.29, 0.717) is 22.8 Å². The van der Waals surface area contributed by atoms with Crippen molar-refractivity contribution in [2.45, 2.75) is 20.5 Å². The van der Waals surface area contributed by atoms with Gasteiger partial charge in [0.1, 0.15) is 28.7 Å². The number of carbonyl (C=O) groups excluding carboxylic acids is 2. The monoisotopic (exact) mass is 577 g/mol. The molecular weight excluding hydrogens is 554 g/mol. The van der Waals surface area contributed by atoms with Crippen molar-refractivity contribution in [2.75, 3.05) is 6.61 Å². The first kappa shape index (κ1) is 26.4. The van der Waals surface area contributed by atoms with Gasteiger partial charge in [-0.1, -0.05) is 70.2 Å². The van der Waals surface area contributed by atoms with Gasteiger partial charge in [0, 0.05) is 10.0 Å². The zero-order valence-electron chi connectivity index (χ0n) is 20.2. The van der Waals surface area contributed by atoms with Crippen molar-refractivity contribution in [3.8, 4) is 5.75 Å². The molecule has 6 nitrogen and oxygen atoms in total. The smallest absolute Gasteiger partial charge is 0.344 e. The topological polar surface area (TPSA) is 85.2 Å². The van der Waals surface area contributed by atoms with Gasteiger partial charge >= 0.3 is 5.97 Å². The van der Waals surface area contributed by atoms with Crippen LogP contribution in [0.1, 0.15) is 34.0 Å². The van der Waals surface area contributed by atoms with E-state index in [1.807, 2.05) is 67.6 Å². The maximum Gasteiger partial charge on any atom is 0.344 e. The number of ether oxygens (including phenoxy) is 2. The lowest BCUT2D eigenvalue weighted by Crippen LogP contribution is -2.14. The second-order valence-corrected chi connectivity index (χ2v) is 10.0. The van der Waals surface area contributed by atoms with E-state index in [1.165, 1.54) is 0 Å². The van der Waals surface area contributed by atoms with E-state index in [2.05, 4.69) is 20.9 Å². The highest BCUT2D eigenvalue weighted by molar-refractivity contribution is 9.10. The molecule has 4 rings (SSSR count). The van der Waals surface area contributed by atoms with Crippen molar-refractivity contribution in [3.05, 3.63) is 116 Å². The summed E-state index contributed by atoms with van der Waals surface area (Å²) in [7, 11) is 0. The highest BCUT2D eigenvalue weighted by atomic mass is 79.9. The highest BCUT2D eigenvalue weighted by Gasteiger charge is 2.34. The Morgan fingerprint density at radius 3 is 2.41 bits per heavy atom. The number of rotatable bonds is 7. The maximum atomic E-state index is 12.8. The van der Waals surface area contributed by atoms with Crippen LogP contribution in [0.3, 0.4) is 0 Å². The molecule has 0 unspecified atom stereocenters. The van der Waals surface area contributed by atoms with Crippen LogP contribution in [0.2, 0.25) is 0 Å². The van der Waals surface area contributed by atoms with Gasteiger partial charge < -0.3 is 14.6 Å². The van der Waals surface area contributed by atoms with Crippen LogP contribution in [0.5, 0.6) is 5.75 Å². The lowest BCUT2D eigenvalue weighted by Gasteiger charge is -2.07. The van der Waals surface area contributed by atoms with Crippen LogP contribution in [0.25, 0.3) is 6.08 Å². The third-order valence-corrected chi connectivity index (χ3v) is 6.99. The number of nitrogens with zero attached hydrogens (tertiary/aromatic N) is 1. The molecule has 0 atom stereocenters. The van der Waals surface area contributed by atoms with Gasteiger partial charge in [-0.2, -0.15) is 0 Å². The fourth-order valence-corrected chi connectivity index (χ4v) is 4.79. The third kappa shape index (κ3) is 6.58. The minimum absolute atomic E-state index is 0.102. The molecule has 1 N–H and O–H groups in total. The summed E-state index contributed by atoms with van der Waals surface area (Å²) in [5.74, 6) is -0.801. The number of aliphatic imine (C=N–C) groups is 1. The average molecular weight is 578 g/mol. The Kier molecular flexibility index (Phi) is 8.63. The summed E-state index contributed by atoms with van der Waals surface area (Å²) in [4.78, 5) is 30.0. The predicted molar refractivity (Wildman–Crippen MR) is 150 cm³/mol. The van der Waals surface area contributed by atoms with Crippen LogP contribution in [0, 0.1) is 6.92 Å². The fourth-order valence-electron chi connectivity index (χ4n) is 3.52. The molecule has 0 bridgehead atoms. The van der Waals surface area contributed by atoms with Crippen LogP contribution in [-0.2, 0) is 16.1 Å². The molecule has 0 saturated heterocycles. The van der Waals surface area contributed by atoms with Crippen LogP contribution in [-0.4, -0.2) is 28.6 Å². The number of carbonyl (C=O) groups is 2. The first-order valence-corrected chi connectivity index (χ1v) is 13.1. The number of hydrogen-bond acceptors (Lipinski definition) is 6. The molecule has 188 valence electrons. The zero-order valence-corrected chi connectivity index (χ0v) is 22.6. The Bertz CT molecular complexity index is 1410. The van der Waals surface area contributed by atoms with E-state index in [-0.39, 0.29) is 23.0 Å². The van der Waals surface area contributed by atoms with E-state index in [0.717, 1.165) is 32.9 Å². The van der Waals surface area contributed by atoms with Crippen molar-refractivity contribution in [2.24, 2.45) is 4.99 Å². The fraction of sp³-hybridized carbons (Fsp3) is 0.138. The Morgan fingerprint density at radius 1 is 1.03 bits per heavy atom. The summed E-state index contributed by atoms with van der Waals surface area (Å²) in [5, 5.41) is 11.0. The van der Waals surface area contributed by atoms with Gasteiger partial charge in [0.25, 0.3) is 5.91 Å². The van der Waals surface area contributed by atoms with Gasteiger partial charge in [0.2, 0.25) is 0 Å². The summed E-state index contributed by atoms with van der Waals surface area (Å²) in [6, 6.07) is 22.3. The minimum atomic E-state index is -0.732. The second kappa shape index (κ2) is 12.1. The van der Waals surface area contributed by atoms with Crippen LogP contribution >= 0.6 is 27.7 Å². The number of thioether (sulfide) groups is 1. The summed E-state index contributed by atoms with van der Waals surface area (Å²) in [6.45, 7) is 4.04. The average Bonchev–Trinajstić information content (AvgIpc) is 3.19. The highest BCUT2D eigenvalue weighted by Crippen LogP contribution is 2.39. The van der Waals surface area contributed by atoms with Gasteiger partial charge in [-0.25, -0.2) is 9.79 Å². The molecule has 0 radical (unpaired) electrons. The van der Waals surface area contributed by atoms with Crippen molar-refractivity contribution >= 4 is 50.7 Å². The molecule has 0 saturated carbocycles. The number of amides is 1. The van der Waals surface area contributed by atoms with Crippen LogP contribution < -0.4 is 4.74 Å². The molecule has 0 aliphatic carbocycles. The number of aliphatic hydroxyl groups excluding tert-OH is 1. The molecule has 0 fully saturated rings. The van der Waals surface area contributed by atoms with E-state index in [1.54, 1.807) is 25.1 Å². The quantitative estimate of drug-likeness (QED) is 0.303. The molecule has 1 aliphatic heterocycles. The van der Waals surface area contributed by atoms with Crippen molar-refractivity contribution in [3.63, 3.8) is 0 Å². The largest absolute Gasteiger partial charge is 0.506 e. The predicted octanol–water partition coefficient (Wildman–Crippen LogP) is 7.04. The summed E-state index contributed by atoms with van der Waals surface area (Å²) < 4.78 is 12.0. The molecule has 37 heavy (non-hydrogen) atoms. The van der Waals surface area contributed by atoms with E-state index < -0.39 is 11.9 Å². The number of hydrogen-bond donors (Lipinski definition) is 1. The molecule has 3 aromatic carbocycles. The molecule has 1 aliphatic rings. The van der Waals surface area contributed by atoms with Gasteiger partial charge in [-0.05, 0) is 66.9 Å². The molecule has 0 spiro atoms. The lowest BCUT2D eigenvalue weighted by atomic mass is 10.1. The molecule has 3 aromatic rings. The SMILES string of the molecule is CCOC(=O)C1=C(O)/C(=C/c2ccc(OCc3ccc(Br)cc3)cc2)SC1=NC(=O)c1ccccc1C. The maximum absolute atomic E-state index is 12.8. The summed E-state index contributed by atoms with van der Waals surface area (Å²) in [6.07, 6.45) is 1.72. The third-order valence-electron chi connectivity index (χ3n) is 5.45. The second-order valence-electron chi connectivity index (χ2n) is 8.08. The summed E-state index contributed by atoms with van der Waals surface area (Å²) >= 11 is 4.47. The zero-order chi connectivity index (χ0) is 26.4. The Labute approximate surface area is 227 Å². The van der Waals surface area contributed by atoms with E-state index >= 15 is 0 Å². The Morgan fingerprint density at radius 2 is 1.73 bits per heavy atom. The lowest BCUT2D eigenvalue weighted by molar-refractivity contribution is -0.138. The molecule has 1 heterocycles. The van der Waals surface area contributed by atoms with Gasteiger partial charge in [-0.15, -0.1) is 0 Å². The number of aryl methyl sites for hydroxylation is 1. The van der Waals surface area contributed by atoms with Gasteiger partial charge in [0.05, 0.1) is 11.5 Å². The standard InChI is InChI=1S/C29H24BrNO5S/c1-3-35-29(34)25-26(32)24(37-28(25)31-27(33)23-7-5-4-6-18(23)2)16-19-10-14-22(15-11-19)36-17-20-8-12-21(30)13-9-20/h4-16,32H,3,17H2,1-2H3/b24-16-,31-28?. The normalized spacial score (nSPS) is 15.3.